The van der Waals surface area contributed by atoms with Gasteiger partial charge in [-0.05, 0) is 12.7 Å². The maximum atomic E-state index is 10.7. The van der Waals surface area contributed by atoms with Crippen molar-refractivity contribution in [2.45, 2.75) is 0 Å². The molecule has 0 spiro atoms. The molecule has 0 amide bonds. The third-order valence-electron chi connectivity index (χ3n) is 1.64. The smallest absolute Gasteiger partial charge is 0.616 e. The minimum atomic E-state index is -0.278. The second kappa shape index (κ2) is 8.04. The summed E-state index contributed by atoms with van der Waals surface area (Å²) in [6.07, 6.45) is 7.02. The first-order valence-corrected chi connectivity index (χ1v) is 4.31. The molecule has 1 aromatic rings. The molecule has 1 aliphatic rings. The Kier molecular flexibility index (Phi) is 7.33. The molecule has 0 radical (unpaired) electrons. The molecule has 0 N–H and O–H groups in total. The summed E-state index contributed by atoms with van der Waals surface area (Å²) in [6, 6.07) is 10.0. The number of allylic oxidation sites excluding steroid dienone is 5. The SMILES string of the molecule is COC([O-])=C1C=CC=C1.[Fe+2].c1cc[cH-]c1. The van der Waals surface area contributed by atoms with Gasteiger partial charge in [0.05, 0.1) is 5.95 Å². The van der Waals surface area contributed by atoms with Gasteiger partial charge in [-0.2, -0.15) is 18.2 Å². The summed E-state index contributed by atoms with van der Waals surface area (Å²) < 4.78 is 4.46. The summed E-state index contributed by atoms with van der Waals surface area (Å²) in [4.78, 5) is 0. The Morgan fingerprint density at radius 1 is 1.20 bits per heavy atom. The van der Waals surface area contributed by atoms with Gasteiger partial charge in [-0.25, -0.2) is 12.1 Å². The topological polar surface area (TPSA) is 32.3 Å². The second-order valence-electron chi connectivity index (χ2n) is 2.63. The minimum absolute atomic E-state index is 0. The maximum Gasteiger partial charge on any atom is 2.00 e. The van der Waals surface area contributed by atoms with E-state index >= 15 is 0 Å². The fourth-order valence-corrected chi connectivity index (χ4v) is 0.949. The molecule has 0 unspecified atom stereocenters. The second-order valence-corrected chi connectivity index (χ2v) is 2.63. The average Bonchev–Trinajstić information content (AvgIpc) is 2.91. The molecule has 1 aliphatic carbocycles. The van der Waals surface area contributed by atoms with Crippen molar-refractivity contribution in [2.75, 3.05) is 7.11 Å². The molecule has 0 saturated heterocycles. The van der Waals surface area contributed by atoms with Crippen LogP contribution in [0.1, 0.15) is 0 Å². The standard InChI is InChI=1S/C7H8O2.C5H5.Fe/c1-9-7(8)6-4-2-3-5-6;1-2-4-5-3-1;/h2-5,8H,1H3;1-5H;/q;-1;+2/p-1. The molecule has 1 aromatic carbocycles. The molecule has 0 aliphatic heterocycles. The van der Waals surface area contributed by atoms with E-state index in [0.29, 0.717) is 5.57 Å². The molecule has 0 bridgehead atoms. The molecule has 0 saturated carbocycles. The molecular weight excluding hydrogens is 232 g/mol. The van der Waals surface area contributed by atoms with Crippen LogP contribution in [0.5, 0.6) is 0 Å². The van der Waals surface area contributed by atoms with Crippen LogP contribution in [0.25, 0.3) is 0 Å². The molecule has 2 nitrogen and oxygen atoms in total. The first kappa shape index (κ1) is 13.7. The van der Waals surface area contributed by atoms with Crippen LogP contribution in [0, 0.1) is 0 Å². The van der Waals surface area contributed by atoms with Crippen molar-refractivity contribution in [3.05, 3.63) is 66.2 Å². The van der Waals surface area contributed by atoms with E-state index in [1.54, 1.807) is 24.3 Å². The Morgan fingerprint density at radius 3 is 2.07 bits per heavy atom. The molecular formula is C12H12FeO2. The maximum absolute atomic E-state index is 10.7. The third kappa shape index (κ3) is 5.21. The quantitative estimate of drug-likeness (QED) is 0.428. The van der Waals surface area contributed by atoms with Crippen molar-refractivity contribution in [3.8, 4) is 0 Å². The van der Waals surface area contributed by atoms with Crippen LogP contribution in [-0.2, 0) is 21.8 Å². The van der Waals surface area contributed by atoms with Crippen LogP contribution in [-0.4, -0.2) is 7.11 Å². The van der Waals surface area contributed by atoms with Gasteiger partial charge >= 0.3 is 17.1 Å². The van der Waals surface area contributed by atoms with E-state index < -0.39 is 0 Å². The first-order valence-electron chi connectivity index (χ1n) is 4.31. The number of ether oxygens (including phenoxy) is 1. The minimum Gasteiger partial charge on any atom is -0.616 e. The van der Waals surface area contributed by atoms with E-state index in [1.165, 1.54) is 7.11 Å². The van der Waals surface area contributed by atoms with Gasteiger partial charge in [0.25, 0.3) is 0 Å². The van der Waals surface area contributed by atoms with Gasteiger partial charge in [-0.15, -0.1) is 0 Å². The summed E-state index contributed by atoms with van der Waals surface area (Å²) >= 11 is 0. The number of methoxy groups -OCH3 is 1. The molecule has 0 aromatic heterocycles. The largest absolute Gasteiger partial charge is 2.00 e. The summed E-state index contributed by atoms with van der Waals surface area (Å²) in [5.74, 6) is -0.278. The zero-order valence-electron chi connectivity index (χ0n) is 8.37. The zero-order valence-corrected chi connectivity index (χ0v) is 9.47. The molecule has 3 heteroatoms. The molecule has 0 heterocycles. The van der Waals surface area contributed by atoms with E-state index in [1.807, 2.05) is 30.3 Å². The monoisotopic (exact) mass is 244 g/mol. The van der Waals surface area contributed by atoms with Gasteiger partial charge < -0.3 is 9.84 Å². The summed E-state index contributed by atoms with van der Waals surface area (Å²) in [5, 5.41) is 10.7. The summed E-state index contributed by atoms with van der Waals surface area (Å²) in [6.45, 7) is 0. The van der Waals surface area contributed by atoms with Gasteiger partial charge in [0.1, 0.15) is 0 Å². The molecule has 15 heavy (non-hydrogen) atoms. The molecule has 2 rings (SSSR count). The third-order valence-corrected chi connectivity index (χ3v) is 1.64. The fourth-order valence-electron chi connectivity index (χ4n) is 0.949. The predicted octanol–water partition coefficient (Wildman–Crippen LogP) is 1.73. The summed E-state index contributed by atoms with van der Waals surface area (Å²) in [5.41, 5.74) is 0.609. The Bertz CT molecular complexity index is 303. The van der Waals surface area contributed by atoms with E-state index in [9.17, 15) is 5.11 Å². The molecule has 0 fully saturated rings. The molecule has 0 atom stereocenters. The number of rotatable bonds is 1. The zero-order chi connectivity index (χ0) is 10.2. The number of hydrogen-bond donors (Lipinski definition) is 0. The number of hydrogen-bond acceptors (Lipinski definition) is 2. The Morgan fingerprint density at radius 2 is 1.73 bits per heavy atom. The van der Waals surface area contributed by atoms with E-state index in [-0.39, 0.29) is 23.0 Å². The van der Waals surface area contributed by atoms with Gasteiger partial charge in [-0.3, -0.25) is 0 Å². The van der Waals surface area contributed by atoms with Crippen LogP contribution in [0.3, 0.4) is 0 Å². The average molecular weight is 244 g/mol. The predicted molar refractivity (Wildman–Crippen MR) is 54.4 cm³/mol. The van der Waals surface area contributed by atoms with Crippen molar-refractivity contribution in [2.24, 2.45) is 0 Å². The van der Waals surface area contributed by atoms with Gasteiger partial charge in [0.2, 0.25) is 0 Å². The van der Waals surface area contributed by atoms with E-state index in [4.69, 9.17) is 0 Å². The van der Waals surface area contributed by atoms with Gasteiger partial charge in [0.15, 0.2) is 0 Å². The van der Waals surface area contributed by atoms with Crippen molar-refractivity contribution >= 4 is 0 Å². The van der Waals surface area contributed by atoms with Crippen LogP contribution in [0.15, 0.2) is 66.2 Å². The van der Waals surface area contributed by atoms with Crippen LogP contribution < -0.4 is 5.11 Å². The molecule has 80 valence electrons. The van der Waals surface area contributed by atoms with Crippen molar-refractivity contribution in [1.29, 1.82) is 0 Å². The van der Waals surface area contributed by atoms with E-state index in [2.05, 4.69) is 4.74 Å². The fraction of sp³-hybridized carbons (Fsp3) is 0.0833. The van der Waals surface area contributed by atoms with Crippen molar-refractivity contribution in [1.82, 2.24) is 0 Å². The van der Waals surface area contributed by atoms with Crippen molar-refractivity contribution < 1.29 is 26.9 Å². The Balaban J connectivity index is 0.000000280. The van der Waals surface area contributed by atoms with Crippen LogP contribution in [0.4, 0.5) is 0 Å². The van der Waals surface area contributed by atoms with Crippen LogP contribution >= 0.6 is 0 Å². The first-order chi connectivity index (χ1) is 6.84. The van der Waals surface area contributed by atoms with Crippen molar-refractivity contribution in [3.63, 3.8) is 0 Å². The Hall–Kier alpha value is -1.31. The Labute approximate surface area is 100 Å². The summed E-state index contributed by atoms with van der Waals surface area (Å²) in [7, 11) is 1.37. The van der Waals surface area contributed by atoms with Gasteiger partial charge in [-0.1, -0.05) is 24.3 Å². The normalized spacial score (nSPS) is 11.4. The van der Waals surface area contributed by atoms with Crippen LogP contribution in [0.2, 0.25) is 0 Å². The van der Waals surface area contributed by atoms with E-state index in [0.717, 1.165) is 0 Å². The van der Waals surface area contributed by atoms with Gasteiger partial charge in [0, 0.05) is 0 Å².